The summed E-state index contributed by atoms with van der Waals surface area (Å²) in [7, 11) is 1.62. The van der Waals surface area contributed by atoms with E-state index in [2.05, 4.69) is 4.99 Å². The zero-order valence-corrected chi connectivity index (χ0v) is 15.2. The van der Waals surface area contributed by atoms with Crippen molar-refractivity contribution in [3.05, 3.63) is 23.8 Å². The first-order valence-corrected chi connectivity index (χ1v) is 9.04. The van der Waals surface area contributed by atoms with Crippen LogP contribution in [-0.2, 0) is 19.0 Å². The van der Waals surface area contributed by atoms with E-state index < -0.39 is 6.04 Å². The van der Waals surface area contributed by atoms with Gasteiger partial charge in [-0.25, -0.2) is 4.79 Å². The van der Waals surface area contributed by atoms with Gasteiger partial charge in [0, 0.05) is 24.5 Å². The fourth-order valence-corrected chi connectivity index (χ4v) is 3.18. The number of hydrogen-bond donors (Lipinski definition) is 1. The number of aromatic hydroxyl groups is 1. The van der Waals surface area contributed by atoms with Crippen LogP contribution in [0.5, 0.6) is 11.5 Å². The molecule has 1 aliphatic rings. The number of benzene rings is 1. The Morgan fingerprint density at radius 1 is 1.32 bits per heavy atom. The molecule has 1 heterocycles. The largest absolute Gasteiger partial charge is 0.507 e. The van der Waals surface area contributed by atoms with Crippen molar-refractivity contribution in [1.29, 1.82) is 0 Å². The first kappa shape index (κ1) is 19.6. The van der Waals surface area contributed by atoms with Gasteiger partial charge in [-0.15, -0.1) is 11.8 Å². The van der Waals surface area contributed by atoms with Crippen LogP contribution in [0.4, 0.5) is 0 Å². The van der Waals surface area contributed by atoms with Gasteiger partial charge >= 0.3 is 5.97 Å². The van der Waals surface area contributed by atoms with Crippen molar-refractivity contribution in [2.45, 2.75) is 13.0 Å². The van der Waals surface area contributed by atoms with Crippen LogP contribution in [0.15, 0.2) is 23.2 Å². The molecule has 0 aromatic heterocycles. The molecule has 0 saturated heterocycles. The third kappa shape index (κ3) is 5.91. The highest BCUT2D eigenvalue weighted by molar-refractivity contribution is 8.14. The van der Waals surface area contributed by atoms with Crippen LogP contribution in [0.2, 0.25) is 0 Å². The molecule has 7 nitrogen and oxygen atoms in total. The summed E-state index contributed by atoms with van der Waals surface area (Å²) in [4.78, 5) is 16.1. The number of phenols is 1. The molecule has 1 N–H and O–H groups in total. The van der Waals surface area contributed by atoms with E-state index in [0.29, 0.717) is 55.1 Å². The fourth-order valence-electron chi connectivity index (χ4n) is 2.13. The molecule has 0 radical (unpaired) electrons. The minimum Gasteiger partial charge on any atom is -0.507 e. The first-order valence-electron chi connectivity index (χ1n) is 8.05. The third-order valence-electron chi connectivity index (χ3n) is 3.34. The van der Waals surface area contributed by atoms with Gasteiger partial charge in [-0.3, -0.25) is 4.99 Å². The van der Waals surface area contributed by atoms with E-state index in [1.54, 1.807) is 26.2 Å². The monoisotopic (exact) mass is 369 g/mol. The summed E-state index contributed by atoms with van der Waals surface area (Å²) in [6.07, 6.45) is 0. The molecule has 0 aliphatic carbocycles. The highest BCUT2D eigenvalue weighted by Crippen LogP contribution is 2.31. The predicted octanol–water partition coefficient (Wildman–Crippen LogP) is 1.86. The molecule has 25 heavy (non-hydrogen) atoms. The molecule has 8 heteroatoms. The fraction of sp³-hybridized carbons (Fsp3) is 0.529. The van der Waals surface area contributed by atoms with Crippen LogP contribution < -0.4 is 4.74 Å². The number of carbonyl (C=O) groups is 1. The van der Waals surface area contributed by atoms with Gasteiger partial charge in [-0.1, -0.05) is 0 Å². The number of hydrogen-bond acceptors (Lipinski definition) is 8. The SMILES string of the molecule is CCOC(=O)C1CSC(c2ccc(OCCOCCOC)cc2O)=N1. The van der Waals surface area contributed by atoms with E-state index in [0.717, 1.165) is 0 Å². The zero-order chi connectivity index (χ0) is 18.1. The quantitative estimate of drug-likeness (QED) is 0.497. The number of phenolic OH excluding ortho intramolecular Hbond substituents is 1. The van der Waals surface area contributed by atoms with Gasteiger partial charge < -0.3 is 24.1 Å². The Labute approximate surface area is 151 Å². The number of carbonyl (C=O) groups excluding carboxylic acids is 1. The van der Waals surface area contributed by atoms with Crippen LogP contribution in [-0.4, -0.2) is 68.1 Å². The molecule has 0 bridgehead atoms. The standard InChI is InChI=1S/C17H23NO6S/c1-3-23-17(20)14-11-25-16(18-14)13-5-4-12(10-15(13)19)24-9-8-22-7-6-21-2/h4-5,10,14,19H,3,6-9,11H2,1-2H3. The maximum Gasteiger partial charge on any atom is 0.331 e. The smallest absolute Gasteiger partial charge is 0.331 e. The number of ether oxygens (including phenoxy) is 4. The Balaban J connectivity index is 1.89. The normalized spacial score (nSPS) is 16.6. The summed E-state index contributed by atoms with van der Waals surface area (Å²) in [6.45, 7) is 3.97. The number of thioether (sulfide) groups is 1. The van der Waals surface area contributed by atoms with E-state index in [4.69, 9.17) is 18.9 Å². The lowest BCUT2D eigenvalue weighted by Crippen LogP contribution is -2.21. The van der Waals surface area contributed by atoms with E-state index in [-0.39, 0.29) is 11.7 Å². The zero-order valence-electron chi connectivity index (χ0n) is 14.4. The van der Waals surface area contributed by atoms with Gasteiger partial charge in [0.05, 0.1) is 26.4 Å². The lowest BCUT2D eigenvalue weighted by atomic mass is 10.2. The molecule has 1 aliphatic heterocycles. The topological polar surface area (TPSA) is 86.6 Å². The molecule has 2 rings (SSSR count). The lowest BCUT2D eigenvalue weighted by molar-refractivity contribution is -0.143. The van der Waals surface area contributed by atoms with Crippen LogP contribution in [0.25, 0.3) is 0 Å². The van der Waals surface area contributed by atoms with Crippen molar-refractivity contribution < 1.29 is 28.8 Å². The van der Waals surface area contributed by atoms with Crippen molar-refractivity contribution in [3.8, 4) is 11.5 Å². The maximum absolute atomic E-state index is 11.7. The molecule has 0 saturated carbocycles. The van der Waals surface area contributed by atoms with Gasteiger partial charge in [0.15, 0.2) is 6.04 Å². The molecule has 0 fully saturated rings. The highest BCUT2D eigenvalue weighted by atomic mass is 32.2. The van der Waals surface area contributed by atoms with Crippen molar-refractivity contribution in [2.24, 2.45) is 4.99 Å². The molecule has 1 aromatic rings. The average molecular weight is 369 g/mol. The molecule has 1 atom stereocenters. The van der Waals surface area contributed by atoms with Crippen LogP contribution in [0.1, 0.15) is 12.5 Å². The minimum absolute atomic E-state index is 0.0635. The lowest BCUT2D eigenvalue weighted by Gasteiger charge is -2.09. The molecule has 1 unspecified atom stereocenters. The second-order valence-corrected chi connectivity index (χ2v) is 6.15. The van der Waals surface area contributed by atoms with Crippen molar-refractivity contribution >= 4 is 22.8 Å². The molecule has 0 spiro atoms. The summed E-state index contributed by atoms with van der Waals surface area (Å²) >= 11 is 1.42. The molecule has 0 amide bonds. The Hall–Kier alpha value is -1.77. The van der Waals surface area contributed by atoms with Crippen LogP contribution >= 0.6 is 11.8 Å². The van der Waals surface area contributed by atoms with E-state index in [1.165, 1.54) is 17.8 Å². The van der Waals surface area contributed by atoms with E-state index in [9.17, 15) is 9.90 Å². The second kappa shape index (κ2) is 10.3. The first-order chi connectivity index (χ1) is 12.2. The van der Waals surface area contributed by atoms with Crippen LogP contribution in [0, 0.1) is 0 Å². The van der Waals surface area contributed by atoms with Crippen molar-refractivity contribution in [2.75, 3.05) is 45.9 Å². The minimum atomic E-state index is -0.514. The predicted molar refractivity (Wildman–Crippen MR) is 95.7 cm³/mol. The summed E-state index contributed by atoms with van der Waals surface area (Å²) in [5, 5.41) is 10.8. The maximum atomic E-state index is 11.7. The summed E-state index contributed by atoms with van der Waals surface area (Å²) in [6, 6.07) is 4.51. The van der Waals surface area contributed by atoms with Crippen molar-refractivity contribution in [3.63, 3.8) is 0 Å². The molecular weight excluding hydrogens is 346 g/mol. The van der Waals surface area contributed by atoms with Gasteiger partial charge in [-0.2, -0.15) is 0 Å². The third-order valence-corrected chi connectivity index (χ3v) is 4.42. The Morgan fingerprint density at radius 2 is 2.12 bits per heavy atom. The Kier molecular flexibility index (Phi) is 8.03. The molecule has 1 aromatic carbocycles. The summed E-state index contributed by atoms with van der Waals surface area (Å²) in [5.74, 6) is 0.790. The second-order valence-electron chi connectivity index (χ2n) is 5.15. The highest BCUT2D eigenvalue weighted by Gasteiger charge is 2.27. The van der Waals surface area contributed by atoms with Crippen molar-refractivity contribution in [1.82, 2.24) is 0 Å². The summed E-state index contributed by atoms with van der Waals surface area (Å²) in [5.41, 5.74) is 0.584. The molecule has 138 valence electrons. The number of nitrogens with zero attached hydrogens (tertiary/aromatic N) is 1. The number of rotatable bonds is 10. The number of esters is 1. The Morgan fingerprint density at radius 3 is 2.84 bits per heavy atom. The molecular formula is C17H23NO6S. The average Bonchev–Trinajstić information content (AvgIpc) is 3.08. The van der Waals surface area contributed by atoms with E-state index in [1.807, 2.05) is 0 Å². The van der Waals surface area contributed by atoms with Gasteiger partial charge in [0.2, 0.25) is 0 Å². The van der Waals surface area contributed by atoms with Gasteiger partial charge in [0.25, 0.3) is 0 Å². The summed E-state index contributed by atoms with van der Waals surface area (Å²) < 4.78 is 20.7. The van der Waals surface area contributed by atoms with Gasteiger partial charge in [-0.05, 0) is 19.1 Å². The number of aliphatic imine (C=N–C) groups is 1. The van der Waals surface area contributed by atoms with Gasteiger partial charge in [0.1, 0.15) is 23.1 Å². The van der Waals surface area contributed by atoms with E-state index >= 15 is 0 Å². The number of methoxy groups -OCH3 is 1. The Bertz CT molecular complexity index is 607. The van der Waals surface area contributed by atoms with Crippen LogP contribution in [0.3, 0.4) is 0 Å².